The fourth-order valence-electron chi connectivity index (χ4n) is 3.14. The Morgan fingerprint density at radius 1 is 1.12 bits per heavy atom. The van der Waals surface area contributed by atoms with Crippen LogP contribution in [0.25, 0.3) is 5.57 Å². The second-order valence-corrected chi connectivity index (χ2v) is 5.91. The van der Waals surface area contributed by atoms with E-state index in [0.29, 0.717) is 23.8 Å². The van der Waals surface area contributed by atoms with Gasteiger partial charge in [-0.1, -0.05) is 24.3 Å². The molecule has 0 fully saturated rings. The molecule has 0 bridgehead atoms. The van der Waals surface area contributed by atoms with Crippen LogP contribution in [0.15, 0.2) is 59.2 Å². The number of aliphatic imine (C=N–C) groups is 1. The number of aryl methyl sites for hydroxylation is 1. The van der Waals surface area contributed by atoms with Gasteiger partial charge in [-0.25, -0.2) is 9.79 Å². The van der Waals surface area contributed by atoms with Crippen LogP contribution >= 0.6 is 0 Å². The number of carbonyl (C=O) groups is 2. The maximum atomic E-state index is 12.3. The summed E-state index contributed by atoms with van der Waals surface area (Å²) >= 11 is 0. The number of hydrogen-bond donors (Lipinski definition) is 0. The average molecular weight is 333 g/mol. The highest BCUT2D eigenvalue weighted by Crippen LogP contribution is 2.38. The van der Waals surface area contributed by atoms with E-state index in [4.69, 9.17) is 9.47 Å². The van der Waals surface area contributed by atoms with E-state index in [1.165, 1.54) is 6.92 Å². The smallest absolute Gasteiger partial charge is 0.364 e. The first-order valence-corrected chi connectivity index (χ1v) is 8.03. The number of allylic oxidation sites excluding steroid dienone is 1. The van der Waals surface area contributed by atoms with E-state index >= 15 is 0 Å². The van der Waals surface area contributed by atoms with Gasteiger partial charge in [0.05, 0.1) is 0 Å². The number of benzene rings is 2. The largest absolute Gasteiger partial charge is 0.427 e. The van der Waals surface area contributed by atoms with Crippen LogP contribution in [0.3, 0.4) is 0 Å². The molecule has 25 heavy (non-hydrogen) atoms. The molecule has 0 unspecified atom stereocenters. The molecule has 0 saturated heterocycles. The lowest BCUT2D eigenvalue weighted by Crippen LogP contribution is -2.05. The van der Waals surface area contributed by atoms with Crippen LogP contribution in [-0.2, 0) is 20.7 Å². The number of cyclic esters (lactones) is 1. The molecule has 0 spiro atoms. The SMILES string of the molecule is CC(=O)Oc1ccc2c(c1)CC/C2=C1/N=C(c2ccccc2)OC1=O. The van der Waals surface area contributed by atoms with Crippen LogP contribution in [-0.4, -0.2) is 17.8 Å². The maximum Gasteiger partial charge on any atom is 0.364 e. The molecule has 1 aliphatic heterocycles. The highest BCUT2D eigenvalue weighted by Gasteiger charge is 2.30. The first-order valence-electron chi connectivity index (χ1n) is 8.03. The van der Waals surface area contributed by atoms with E-state index in [9.17, 15) is 9.59 Å². The van der Waals surface area contributed by atoms with Gasteiger partial charge in [-0.05, 0) is 53.8 Å². The van der Waals surface area contributed by atoms with E-state index in [0.717, 1.165) is 28.7 Å². The Hall–Kier alpha value is -3.21. The van der Waals surface area contributed by atoms with Gasteiger partial charge in [0, 0.05) is 12.5 Å². The molecule has 2 aromatic rings. The van der Waals surface area contributed by atoms with E-state index in [1.54, 1.807) is 6.07 Å². The third-order valence-electron chi connectivity index (χ3n) is 4.21. The first kappa shape index (κ1) is 15.3. The molecule has 2 aromatic carbocycles. The number of esters is 2. The van der Waals surface area contributed by atoms with E-state index in [2.05, 4.69) is 4.99 Å². The molecule has 1 aliphatic carbocycles. The Morgan fingerprint density at radius 3 is 2.68 bits per heavy atom. The lowest BCUT2D eigenvalue weighted by atomic mass is 10.1. The van der Waals surface area contributed by atoms with Gasteiger partial charge < -0.3 is 9.47 Å². The molecule has 4 rings (SSSR count). The van der Waals surface area contributed by atoms with Gasteiger partial charge in [0.1, 0.15) is 5.75 Å². The zero-order valence-corrected chi connectivity index (χ0v) is 13.6. The molecule has 0 atom stereocenters. The quantitative estimate of drug-likeness (QED) is 0.481. The summed E-state index contributed by atoms with van der Waals surface area (Å²) in [6, 6.07) is 14.8. The Balaban J connectivity index is 1.72. The summed E-state index contributed by atoms with van der Waals surface area (Å²) in [5.74, 6) is 0.0665. The predicted molar refractivity (Wildman–Crippen MR) is 92.1 cm³/mol. The average Bonchev–Trinajstić information content (AvgIpc) is 3.18. The summed E-state index contributed by atoms with van der Waals surface area (Å²) in [4.78, 5) is 27.8. The number of carbonyl (C=O) groups excluding carboxylic acids is 2. The van der Waals surface area contributed by atoms with Crippen molar-refractivity contribution in [2.45, 2.75) is 19.8 Å². The summed E-state index contributed by atoms with van der Waals surface area (Å²) in [6.07, 6.45) is 1.47. The van der Waals surface area contributed by atoms with E-state index in [-0.39, 0.29) is 5.97 Å². The van der Waals surface area contributed by atoms with Gasteiger partial charge in [-0.15, -0.1) is 0 Å². The summed E-state index contributed by atoms with van der Waals surface area (Å²) in [6.45, 7) is 1.37. The minimum absolute atomic E-state index is 0.332. The van der Waals surface area contributed by atoms with Crippen molar-refractivity contribution in [2.75, 3.05) is 0 Å². The summed E-state index contributed by atoms with van der Waals surface area (Å²) in [5, 5.41) is 0. The van der Waals surface area contributed by atoms with E-state index < -0.39 is 5.97 Å². The van der Waals surface area contributed by atoms with Crippen molar-refractivity contribution in [3.8, 4) is 5.75 Å². The third kappa shape index (κ3) is 2.85. The molecule has 5 heteroatoms. The van der Waals surface area contributed by atoms with Gasteiger partial charge in [0.15, 0.2) is 5.70 Å². The highest BCUT2D eigenvalue weighted by molar-refractivity contribution is 6.14. The van der Waals surface area contributed by atoms with Crippen molar-refractivity contribution in [1.29, 1.82) is 0 Å². The monoisotopic (exact) mass is 333 g/mol. The van der Waals surface area contributed by atoms with E-state index in [1.807, 2.05) is 42.5 Å². The molecular formula is C20H15NO4. The third-order valence-corrected chi connectivity index (χ3v) is 4.21. The molecule has 1 heterocycles. The van der Waals surface area contributed by atoms with Crippen LogP contribution in [0.4, 0.5) is 0 Å². The normalized spacial score (nSPS) is 18.6. The molecule has 0 amide bonds. The van der Waals surface area contributed by atoms with Gasteiger partial charge in [0.2, 0.25) is 5.90 Å². The molecular weight excluding hydrogens is 318 g/mol. The second kappa shape index (κ2) is 6.02. The van der Waals surface area contributed by atoms with Crippen LogP contribution in [0.2, 0.25) is 0 Å². The molecule has 0 N–H and O–H groups in total. The standard InChI is InChI=1S/C20H15NO4/c1-12(22)24-15-8-10-16-14(11-15)7-9-17(16)18-20(23)25-19(21-18)13-5-3-2-4-6-13/h2-6,8,10-11H,7,9H2,1H3/b18-17-. The predicted octanol–water partition coefficient (Wildman–Crippen LogP) is 3.27. The number of fused-ring (bicyclic) bond motifs is 1. The van der Waals surface area contributed by atoms with Crippen LogP contribution in [0.5, 0.6) is 5.75 Å². The Labute approximate surface area is 144 Å². The lowest BCUT2D eigenvalue weighted by Gasteiger charge is -2.05. The van der Waals surface area contributed by atoms with Gasteiger partial charge in [-0.3, -0.25) is 4.79 Å². The minimum Gasteiger partial charge on any atom is -0.427 e. The number of rotatable bonds is 2. The Kier molecular flexibility index (Phi) is 3.69. The summed E-state index contributed by atoms with van der Waals surface area (Å²) in [7, 11) is 0. The van der Waals surface area contributed by atoms with Crippen molar-refractivity contribution in [1.82, 2.24) is 0 Å². The zero-order valence-electron chi connectivity index (χ0n) is 13.6. The van der Waals surface area contributed by atoms with Crippen LogP contribution in [0, 0.1) is 0 Å². The molecule has 124 valence electrons. The van der Waals surface area contributed by atoms with Crippen molar-refractivity contribution in [2.24, 2.45) is 4.99 Å². The second-order valence-electron chi connectivity index (χ2n) is 5.91. The topological polar surface area (TPSA) is 65.0 Å². The first-order chi connectivity index (χ1) is 12.1. The lowest BCUT2D eigenvalue weighted by molar-refractivity contribution is -0.132. The van der Waals surface area contributed by atoms with Crippen molar-refractivity contribution in [3.63, 3.8) is 0 Å². The molecule has 0 saturated carbocycles. The minimum atomic E-state index is -0.425. The molecule has 0 radical (unpaired) electrons. The molecule has 0 aromatic heterocycles. The van der Waals surface area contributed by atoms with Crippen LogP contribution in [0.1, 0.15) is 30.0 Å². The molecule has 2 aliphatic rings. The van der Waals surface area contributed by atoms with Crippen LogP contribution < -0.4 is 4.74 Å². The Morgan fingerprint density at radius 2 is 1.92 bits per heavy atom. The molecule has 5 nitrogen and oxygen atoms in total. The summed E-state index contributed by atoms with van der Waals surface area (Å²) in [5.41, 5.74) is 4.01. The summed E-state index contributed by atoms with van der Waals surface area (Å²) < 4.78 is 10.5. The fraction of sp³-hybridized carbons (Fsp3) is 0.150. The van der Waals surface area contributed by atoms with Crippen molar-refractivity contribution in [3.05, 3.63) is 70.9 Å². The zero-order chi connectivity index (χ0) is 17.4. The Bertz CT molecular complexity index is 941. The van der Waals surface area contributed by atoms with Gasteiger partial charge in [0.25, 0.3) is 0 Å². The highest BCUT2D eigenvalue weighted by atomic mass is 16.6. The van der Waals surface area contributed by atoms with Crippen molar-refractivity contribution >= 4 is 23.4 Å². The van der Waals surface area contributed by atoms with Crippen molar-refractivity contribution < 1.29 is 19.1 Å². The van der Waals surface area contributed by atoms with Gasteiger partial charge >= 0.3 is 11.9 Å². The van der Waals surface area contributed by atoms with Gasteiger partial charge in [-0.2, -0.15) is 0 Å². The number of ether oxygens (including phenoxy) is 2. The number of hydrogen-bond acceptors (Lipinski definition) is 5. The maximum absolute atomic E-state index is 12.3. The fourth-order valence-corrected chi connectivity index (χ4v) is 3.14. The number of nitrogens with zero attached hydrogens (tertiary/aromatic N) is 1.